The summed E-state index contributed by atoms with van der Waals surface area (Å²) in [5.74, 6) is 1.64. The number of aromatic amines is 1. The summed E-state index contributed by atoms with van der Waals surface area (Å²) < 4.78 is 14.1. The molecular weight excluding hydrogens is 480 g/mol. The molecule has 0 aliphatic heterocycles. The van der Waals surface area contributed by atoms with E-state index >= 15 is 0 Å². The molecular formula is C22H27FIN5. The molecule has 2 aromatic carbocycles. The predicted octanol–water partition coefficient (Wildman–Crippen LogP) is 4.15. The van der Waals surface area contributed by atoms with Gasteiger partial charge in [0.05, 0.1) is 11.0 Å². The predicted molar refractivity (Wildman–Crippen MR) is 127 cm³/mol. The molecule has 154 valence electrons. The third-order valence-corrected chi connectivity index (χ3v) is 5.44. The van der Waals surface area contributed by atoms with Gasteiger partial charge in [-0.3, -0.25) is 4.99 Å². The van der Waals surface area contributed by atoms with Gasteiger partial charge in [-0.15, -0.1) is 24.0 Å². The number of hydrogen-bond acceptors (Lipinski definition) is 2. The molecule has 29 heavy (non-hydrogen) atoms. The van der Waals surface area contributed by atoms with Crippen molar-refractivity contribution >= 4 is 41.0 Å². The third kappa shape index (κ3) is 5.07. The molecule has 0 radical (unpaired) electrons. The maximum Gasteiger partial charge on any atom is 0.191 e. The molecule has 7 heteroatoms. The Morgan fingerprint density at radius 3 is 2.62 bits per heavy atom. The second-order valence-corrected chi connectivity index (χ2v) is 7.42. The summed E-state index contributed by atoms with van der Waals surface area (Å²) >= 11 is 0. The van der Waals surface area contributed by atoms with Gasteiger partial charge in [0.1, 0.15) is 11.6 Å². The van der Waals surface area contributed by atoms with Crippen LogP contribution in [0.3, 0.4) is 0 Å². The Balaban J connectivity index is 0.00000240. The third-order valence-electron chi connectivity index (χ3n) is 5.44. The Hall–Kier alpha value is -2.16. The van der Waals surface area contributed by atoms with Crippen molar-refractivity contribution in [3.8, 4) is 0 Å². The lowest BCUT2D eigenvalue weighted by Gasteiger charge is -2.19. The van der Waals surface area contributed by atoms with Gasteiger partial charge in [0.2, 0.25) is 0 Å². The molecule has 0 unspecified atom stereocenters. The highest BCUT2D eigenvalue weighted by Gasteiger charge is 2.45. The number of aryl methyl sites for hydroxylation is 1. The van der Waals surface area contributed by atoms with Crippen molar-refractivity contribution in [2.75, 3.05) is 20.1 Å². The van der Waals surface area contributed by atoms with Gasteiger partial charge in [-0.2, -0.15) is 0 Å². The molecule has 5 nitrogen and oxygen atoms in total. The molecule has 1 saturated carbocycles. The van der Waals surface area contributed by atoms with E-state index in [1.807, 2.05) is 36.4 Å². The summed E-state index contributed by atoms with van der Waals surface area (Å²) in [5, 5.41) is 6.71. The van der Waals surface area contributed by atoms with Crippen LogP contribution >= 0.6 is 24.0 Å². The SMILES string of the molecule is CN=C(NCCCc1nc2ccccc2[nH]1)NCC1(c2ccccc2F)CC1.I. The fraction of sp³-hybridized carbons (Fsp3) is 0.364. The molecule has 1 heterocycles. The first-order valence-electron chi connectivity index (χ1n) is 9.83. The van der Waals surface area contributed by atoms with Crippen molar-refractivity contribution in [1.82, 2.24) is 20.6 Å². The minimum atomic E-state index is -0.115. The maximum atomic E-state index is 14.1. The second-order valence-electron chi connectivity index (χ2n) is 7.42. The van der Waals surface area contributed by atoms with Crippen LogP contribution in [0.2, 0.25) is 0 Å². The lowest BCUT2D eigenvalue weighted by Crippen LogP contribution is -2.41. The summed E-state index contributed by atoms with van der Waals surface area (Å²) in [7, 11) is 1.76. The molecule has 1 aromatic heterocycles. The molecule has 0 amide bonds. The van der Waals surface area contributed by atoms with Gasteiger partial charge in [-0.05, 0) is 43.0 Å². The highest BCUT2D eigenvalue weighted by molar-refractivity contribution is 14.0. The van der Waals surface area contributed by atoms with Crippen molar-refractivity contribution in [3.63, 3.8) is 0 Å². The molecule has 0 bridgehead atoms. The largest absolute Gasteiger partial charge is 0.356 e. The molecule has 1 fully saturated rings. The minimum Gasteiger partial charge on any atom is -0.356 e. The first-order valence-corrected chi connectivity index (χ1v) is 9.83. The Morgan fingerprint density at radius 2 is 1.90 bits per heavy atom. The zero-order valence-corrected chi connectivity index (χ0v) is 18.9. The number of guanidine groups is 1. The van der Waals surface area contributed by atoms with E-state index < -0.39 is 0 Å². The fourth-order valence-corrected chi connectivity index (χ4v) is 3.64. The maximum absolute atomic E-state index is 14.1. The molecule has 1 aliphatic rings. The van der Waals surface area contributed by atoms with Crippen LogP contribution in [0, 0.1) is 5.82 Å². The average Bonchev–Trinajstić information content (AvgIpc) is 3.38. The number of para-hydroxylation sites is 2. The molecule has 4 rings (SSSR count). The van der Waals surface area contributed by atoms with Gasteiger partial charge in [0, 0.05) is 32.0 Å². The highest BCUT2D eigenvalue weighted by atomic mass is 127. The van der Waals surface area contributed by atoms with E-state index in [4.69, 9.17) is 0 Å². The van der Waals surface area contributed by atoms with Gasteiger partial charge < -0.3 is 15.6 Å². The van der Waals surface area contributed by atoms with Crippen LogP contribution < -0.4 is 10.6 Å². The standard InChI is InChI=1S/C22H26FN5.HI/c1-24-21(26-15-22(12-13-22)16-7-2-3-8-17(16)23)25-14-6-11-20-27-18-9-4-5-10-19(18)28-20;/h2-5,7-10H,6,11-15H2,1H3,(H,27,28)(H2,24,25,26);1H. The number of halogens is 2. The van der Waals surface area contributed by atoms with Gasteiger partial charge in [0.15, 0.2) is 5.96 Å². The Bertz CT molecular complexity index is 947. The zero-order chi connectivity index (χ0) is 19.4. The quantitative estimate of drug-likeness (QED) is 0.195. The Kier molecular flexibility index (Phi) is 7.10. The summed E-state index contributed by atoms with van der Waals surface area (Å²) in [6.07, 6.45) is 3.82. The lowest BCUT2D eigenvalue weighted by molar-refractivity contribution is 0.559. The van der Waals surface area contributed by atoms with Crippen LogP contribution in [0.4, 0.5) is 4.39 Å². The first kappa shape index (κ1) is 21.5. The van der Waals surface area contributed by atoms with Crippen LogP contribution in [0.15, 0.2) is 53.5 Å². The number of aromatic nitrogens is 2. The molecule has 0 saturated heterocycles. The minimum absolute atomic E-state index is 0. The van der Waals surface area contributed by atoms with Crippen molar-refractivity contribution in [3.05, 3.63) is 65.7 Å². The number of nitrogens with one attached hydrogen (secondary N) is 3. The topological polar surface area (TPSA) is 65.1 Å². The van der Waals surface area contributed by atoms with E-state index in [9.17, 15) is 4.39 Å². The number of H-pyrrole nitrogens is 1. The number of hydrogen-bond donors (Lipinski definition) is 3. The fourth-order valence-electron chi connectivity index (χ4n) is 3.64. The smallest absolute Gasteiger partial charge is 0.191 e. The van der Waals surface area contributed by atoms with Gasteiger partial charge in [0.25, 0.3) is 0 Å². The number of aliphatic imine (C=N–C) groups is 1. The number of imidazole rings is 1. The number of benzene rings is 2. The Morgan fingerprint density at radius 1 is 1.14 bits per heavy atom. The van der Waals surface area contributed by atoms with Crippen LogP contribution in [0.5, 0.6) is 0 Å². The zero-order valence-electron chi connectivity index (χ0n) is 16.5. The monoisotopic (exact) mass is 507 g/mol. The number of nitrogens with zero attached hydrogens (tertiary/aromatic N) is 2. The second kappa shape index (κ2) is 9.56. The van der Waals surface area contributed by atoms with E-state index in [-0.39, 0.29) is 35.2 Å². The van der Waals surface area contributed by atoms with Crippen molar-refractivity contribution in [2.24, 2.45) is 4.99 Å². The van der Waals surface area contributed by atoms with Crippen LogP contribution in [0.25, 0.3) is 11.0 Å². The summed E-state index contributed by atoms with van der Waals surface area (Å²) in [5.41, 5.74) is 2.79. The van der Waals surface area contributed by atoms with Crippen molar-refractivity contribution < 1.29 is 4.39 Å². The van der Waals surface area contributed by atoms with Gasteiger partial charge in [-0.25, -0.2) is 9.37 Å². The normalized spacial score (nSPS) is 15.0. The van der Waals surface area contributed by atoms with E-state index in [2.05, 4.69) is 25.6 Å². The van der Waals surface area contributed by atoms with E-state index in [1.165, 1.54) is 0 Å². The molecule has 1 aliphatic carbocycles. The van der Waals surface area contributed by atoms with E-state index in [0.717, 1.165) is 60.6 Å². The molecule has 0 spiro atoms. The first-order chi connectivity index (χ1) is 13.7. The Labute approximate surface area is 187 Å². The van der Waals surface area contributed by atoms with Gasteiger partial charge >= 0.3 is 0 Å². The number of rotatable bonds is 7. The van der Waals surface area contributed by atoms with Crippen molar-refractivity contribution in [1.29, 1.82) is 0 Å². The van der Waals surface area contributed by atoms with E-state index in [1.54, 1.807) is 19.2 Å². The lowest BCUT2D eigenvalue weighted by atomic mass is 9.95. The van der Waals surface area contributed by atoms with Crippen LogP contribution in [-0.4, -0.2) is 36.1 Å². The van der Waals surface area contributed by atoms with Crippen LogP contribution in [-0.2, 0) is 11.8 Å². The van der Waals surface area contributed by atoms with Gasteiger partial charge in [-0.1, -0.05) is 30.3 Å². The van der Waals surface area contributed by atoms with E-state index in [0.29, 0.717) is 6.54 Å². The van der Waals surface area contributed by atoms with Crippen molar-refractivity contribution in [2.45, 2.75) is 31.1 Å². The molecule has 0 atom stereocenters. The summed E-state index contributed by atoms with van der Waals surface area (Å²) in [6, 6.07) is 15.2. The highest BCUT2D eigenvalue weighted by Crippen LogP contribution is 2.48. The summed E-state index contributed by atoms with van der Waals surface area (Å²) in [4.78, 5) is 12.2. The summed E-state index contributed by atoms with van der Waals surface area (Å²) in [6.45, 7) is 1.49. The molecule has 3 N–H and O–H groups in total. The number of fused-ring (bicyclic) bond motifs is 1. The molecule has 3 aromatic rings. The average molecular weight is 507 g/mol. The van der Waals surface area contributed by atoms with Crippen LogP contribution in [0.1, 0.15) is 30.7 Å².